The van der Waals surface area contributed by atoms with Crippen molar-refractivity contribution in [3.63, 3.8) is 0 Å². The number of rotatable bonds is 3. The van der Waals surface area contributed by atoms with Crippen molar-refractivity contribution in [1.82, 2.24) is 0 Å². The number of aliphatic hydroxyl groups excluding tert-OH is 1. The minimum Gasteiger partial charge on any atom is -0.394 e. The van der Waals surface area contributed by atoms with E-state index in [2.05, 4.69) is 0 Å². The molecule has 4 N–H and O–H groups in total. The Morgan fingerprint density at radius 1 is 1.58 bits per heavy atom. The zero-order chi connectivity index (χ0) is 14.0. The average molecular weight is 267 g/mol. The highest BCUT2D eigenvalue weighted by atomic mass is 19.1. The van der Waals surface area contributed by atoms with E-state index in [1.165, 1.54) is 6.07 Å². The van der Waals surface area contributed by atoms with Gasteiger partial charge in [-0.15, -0.1) is 0 Å². The number of nitrogens with one attached hydrogen (secondary N) is 1. The predicted molar refractivity (Wildman–Crippen MR) is 71.0 cm³/mol. The quantitative estimate of drug-likeness (QED) is 0.556. The summed E-state index contributed by atoms with van der Waals surface area (Å²) in [6.07, 6.45) is -0.388. The van der Waals surface area contributed by atoms with Gasteiger partial charge in [-0.25, -0.2) is 4.39 Å². The number of hydrogen-bond acceptors (Lipinski definition) is 4. The van der Waals surface area contributed by atoms with Crippen molar-refractivity contribution in [2.24, 2.45) is 5.73 Å². The van der Waals surface area contributed by atoms with Crippen molar-refractivity contribution < 1.29 is 14.2 Å². The monoisotopic (exact) mass is 267 g/mol. The molecule has 104 valence electrons. The SMILES string of the molecule is CC1CN(c2cccc(F)c2C(=N)N)CC(CO)O1. The highest BCUT2D eigenvalue weighted by Crippen LogP contribution is 2.26. The van der Waals surface area contributed by atoms with Crippen molar-refractivity contribution in [2.45, 2.75) is 19.1 Å². The molecule has 0 bridgehead atoms. The van der Waals surface area contributed by atoms with E-state index in [1.54, 1.807) is 12.1 Å². The topological polar surface area (TPSA) is 82.6 Å². The van der Waals surface area contributed by atoms with E-state index < -0.39 is 5.82 Å². The van der Waals surface area contributed by atoms with Gasteiger partial charge in [0.25, 0.3) is 0 Å². The Labute approximate surface area is 111 Å². The summed E-state index contributed by atoms with van der Waals surface area (Å²) in [6, 6.07) is 4.60. The summed E-state index contributed by atoms with van der Waals surface area (Å²) >= 11 is 0. The molecule has 1 aliphatic rings. The molecule has 0 radical (unpaired) electrons. The van der Waals surface area contributed by atoms with E-state index in [0.29, 0.717) is 18.8 Å². The molecule has 0 spiro atoms. The molecule has 2 rings (SSSR count). The van der Waals surface area contributed by atoms with Crippen LogP contribution in [0.25, 0.3) is 0 Å². The van der Waals surface area contributed by atoms with Gasteiger partial charge in [0, 0.05) is 13.1 Å². The molecule has 2 unspecified atom stereocenters. The average Bonchev–Trinajstić information content (AvgIpc) is 2.37. The van der Waals surface area contributed by atoms with Crippen LogP contribution in [-0.2, 0) is 4.74 Å². The second kappa shape index (κ2) is 5.54. The maximum absolute atomic E-state index is 13.8. The smallest absolute Gasteiger partial charge is 0.136 e. The van der Waals surface area contributed by atoms with Crippen molar-refractivity contribution in [3.05, 3.63) is 29.6 Å². The van der Waals surface area contributed by atoms with Gasteiger partial charge in [-0.3, -0.25) is 5.41 Å². The molecule has 1 aromatic rings. The first-order valence-corrected chi connectivity index (χ1v) is 6.17. The molecule has 0 aromatic heterocycles. The fraction of sp³-hybridized carbons (Fsp3) is 0.462. The first kappa shape index (κ1) is 13.8. The zero-order valence-electron chi connectivity index (χ0n) is 10.8. The fourth-order valence-corrected chi connectivity index (χ4v) is 2.39. The van der Waals surface area contributed by atoms with Crippen LogP contribution < -0.4 is 10.6 Å². The molecule has 1 saturated heterocycles. The summed E-state index contributed by atoms with van der Waals surface area (Å²) in [6.45, 7) is 2.82. The molecule has 0 saturated carbocycles. The van der Waals surface area contributed by atoms with Crippen molar-refractivity contribution in [1.29, 1.82) is 5.41 Å². The Bertz CT molecular complexity index is 481. The predicted octanol–water partition coefficient (Wildman–Crippen LogP) is 0.696. The van der Waals surface area contributed by atoms with Gasteiger partial charge in [0.05, 0.1) is 30.1 Å². The van der Waals surface area contributed by atoms with Crippen LogP contribution in [0.1, 0.15) is 12.5 Å². The third-order valence-corrected chi connectivity index (χ3v) is 3.13. The minimum absolute atomic E-state index is 0.0750. The highest BCUT2D eigenvalue weighted by molar-refractivity contribution is 6.00. The van der Waals surface area contributed by atoms with Crippen molar-refractivity contribution in [3.8, 4) is 0 Å². The molecular weight excluding hydrogens is 249 g/mol. The number of morpholine rings is 1. The lowest BCUT2D eigenvalue weighted by Crippen LogP contribution is -2.48. The lowest BCUT2D eigenvalue weighted by molar-refractivity contribution is -0.0421. The normalized spacial score (nSPS) is 23.4. The standard InChI is InChI=1S/C13H18FN3O2/c1-8-5-17(6-9(7-18)19-8)11-4-2-3-10(14)12(11)13(15)16/h2-4,8-9,18H,5-7H2,1H3,(H3,15,16). The molecular formula is C13H18FN3O2. The number of nitrogens with zero attached hydrogens (tertiary/aromatic N) is 1. The number of benzene rings is 1. The number of nitrogens with two attached hydrogens (primary N) is 1. The Morgan fingerprint density at radius 2 is 2.32 bits per heavy atom. The Balaban J connectivity index is 2.35. The zero-order valence-corrected chi connectivity index (χ0v) is 10.8. The van der Waals surface area contributed by atoms with Gasteiger partial charge in [-0.05, 0) is 19.1 Å². The second-order valence-corrected chi connectivity index (χ2v) is 4.70. The number of hydrogen-bond donors (Lipinski definition) is 3. The van der Waals surface area contributed by atoms with Gasteiger partial charge in [0.15, 0.2) is 0 Å². The van der Waals surface area contributed by atoms with Gasteiger partial charge < -0.3 is 20.5 Å². The first-order valence-electron chi connectivity index (χ1n) is 6.17. The van der Waals surface area contributed by atoms with Gasteiger partial charge >= 0.3 is 0 Å². The van der Waals surface area contributed by atoms with E-state index in [9.17, 15) is 9.50 Å². The van der Waals surface area contributed by atoms with Crippen molar-refractivity contribution in [2.75, 3.05) is 24.6 Å². The van der Waals surface area contributed by atoms with Crippen LogP contribution in [0.15, 0.2) is 18.2 Å². The van der Waals surface area contributed by atoms with Crippen LogP contribution in [-0.4, -0.2) is 42.8 Å². The molecule has 1 heterocycles. The van der Waals surface area contributed by atoms with Crippen LogP contribution in [0.5, 0.6) is 0 Å². The molecule has 5 nitrogen and oxygen atoms in total. The number of nitrogen functional groups attached to an aromatic ring is 1. The first-order chi connectivity index (χ1) is 9.02. The Kier molecular flexibility index (Phi) is 4.01. The highest BCUT2D eigenvalue weighted by Gasteiger charge is 2.27. The number of ether oxygens (including phenoxy) is 1. The van der Waals surface area contributed by atoms with E-state index in [1.807, 2.05) is 11.8 Å². The van der Waals surface area contributed by atoms with Gasteiger partial charge in [-0.2, -0.15) is 0 Å². The summed E-state index contributed by atoms with van der Waals surface area (Å²) in [7, 11) is 0. The number of aliphatic hydroxyl groups is 1. The van der Waals surface area contributed by atoms with Gasteiger partial charge in [0.1, 0.15) is 11.7 Å². The van der Waals surface area contributed by atoms with Crippen LogP contribution in [0.4, 0.5) is 10.1 Å². The van der Waals surface area contributed by atoms with Crippen LogP contribution in [0, 0.1) is 11.2 Å². The minimum atomic E-state index is -0.510. The lowest BCUT2D eigenvalue weighted by Gasteiger charge is -2.38. The second-order valence-electron chi connectivity index (χ2n) is 4.70. The lowest BCUT2D eigenvalue weighted by atomic mass is 10.1. The largest absolute Gasteiger partial charge is 0.394 e. The Hall–Kier alpha value is -1.66. The third kappa shape index (κ3) is 2.85. The molecule has 19 heavy (non-hydrogen) atoms. The Morgan fingerprint density at radius 3 is 2.95 bits per heavy atom. The maximum Gasteiger partial charge on any atom is 0.136 e. The fourth-order valence-electron chi connectivity index (χ4n) is 2.39. The maximum atomic E-state index is 13.8. The van der Waals surface area contributed by atoms with Crippen LogP contribution in [0.2, 0.25) is 0 Å². The van der Waals surface area contributed by atoms with Crippen LogP contribution >= 0.6 is 0 Å². The molecule has 0 aliphatic carbocycles. The third-order valence-electron chi connectivity index (χ3n) is 3.13. The van der Waals surface area contributed by atoms with Crippen molar-refractivity contribution >= 4 is 11.5 Å². The van der Waals surface area contributed by atoms with E-state index in [-0.39, 0.29) is 30.2 Å². The molecule has 1 aliphatic heterocycles. The van der Waals surface area contributed by atoms with E-state index in [4.69, 9.17) is 15.9 Å². The molecule has 1 fully saturated rings. The molecule has 1 aromatic carbocycles. The summed E-state index contributed by atoms with van der Waals surface area (Å²) in [5.74, 6) is -0.808. The summed E-state index contributed by atoms with van der Waals surface area (Å²) in [5, 5.41) is 16.7. The van der Waals surface area contributed by atoms with E-state index >= 15 is 0 Å². The summed E-state index contributed by atoms with van der Waals surface area (Å²) < 4.78 is 19.4. The number of halogens is 1. The molecule has 0 amide bonds. The molecule has 6 heteroatoms. The number of anilines is 1. The van der Waals surface area contributed by atoms with E-state index in [0.717, 1.165) is 0 Å². The van der Waals surface area contributed by atoms with Gasteiger partial charge in [0.2, 0.25) is 0 Å². The summed E-state index contributed by atoms with van der Waals surface area (Å²) in [5.41, 5.74) is 6.14. The van der Waals surface area contributed by atoms with Crippen LogP contribution in [0.3, 0.4) is 0 Å². The molecule has 2 atom stereocenters. The van der Waals surface area contributed by atoms with Gasteiger partial charge in [-0.1, -0.05) is 6.07 Å². The number of amidine groups is 1. The summed E-state index contributed by atoms with van der Waals surface area (Å²) in [4.78, 5) is 1.90.